The van der Waals surface area contributed by atoms with Gasteiger partial charge in [-0.2, -0.15) is 0 Å². The summed E-state index contributed by atoms with van der Waals surface area (Å²) in [6.07, 6.45) is 4.23. The molecule has 102 valence electrons. The number of likely N-dealkylation sites (N-methyl/N-ethyl adjacent to an activating group) is 1. The molecule has 0 aliphatic rings. The molecule has 0 bridgehead atoms. The molecule has 0 fully saturated rings. The van der Waals surface area contributed by atoms with E-state index in [0.29, 0.717) is 0 Å². The fourth-order valence-corrected chi connectivity index (χ4v) is 2.14. The summed E-state index contributed by atoms with van der Waals surface area (Å²) in [6.45, 7) is 6.17. The lowest BCUT2D eigenvalue weighted by Gasteiger charge is -2.19. The van der Waals surface area contributed by atoms with Crippen LogP contribution in [0.2, 0.25) is 0 Å². The molecule has 0 radical (unpaired) electrons. The van der Waals surface area contributed by atoms with Gasteiger partial charge in [0.1, 0.15) is 11.9 Å². The number of hydrogen-bond donors (Lipinski definition) is 1. The fourth-order valence-electron chi connectivity index (χ4n) is 2.14. The molecule has 1 atom stereocenters. The van der Waals surface area contributed by atoms with E-state index in [1.165, 1.54) is 0 Å². The summed E-state index contributed by atoms with van der Waals surface area (Å²) < 4.78 is 6.06. The summed E-state index contributed by atoms with van der Waals surface area (Å²) in [4.78, 5) is 4.36. The second-order valence-corrected chi connectivity index (χ2v) is 4.69. The Labute approximate surface area is 115 Å². The molecule has 2 rings (SSSR count). The van der Waals surface area contributed by atoms with Gasteiger partial charge in [-0.3, -0.25) is 4.98 Å². The number of nitrogens with zero attached hydrogens (tertiary/aromatic N) is 1. The van der Waals surface area contributed by atoms with Crippen LogP contribution in [0.4, 0.5) is 0 Å². The predicted molar refractivity (Wildman–Crippen MR) is 79.6 cm³/mol. The van der Waals surface area contributed by atoms with Gasteiger partial charge >= 0.3 is 0 Å². The van der Waals surface area contributed by atoms with Gasteiger partial charge in [-0.05, 0) is 31.2 Å². The number of aromatic nitrogens is 1. The maximum atomic E-state index is 6.06. The molecule has 19 heavy (non-hydrogen) atoms. The van der Waals surface area contributed by atoms with Gasteiger partial charge in [-0.25, -0.2) is 0 Å². The van der Waals surface area contributed by atoms with E-state index >= 15 is 0 Å². The largest absolute Gasteiger partial charge is 0.489 e. The standard InChI is InChI=1S/C16H22N2O/c1-3-6-15(12-17-4-2)19-14-9-8-13-7-5-10-18-16(13)11-14/h5,7-11,15,17H,3-4,6,12H2,1-2H3. The molecule has 2 aromatic rings. The number of pyridine rings is 1. The van der Waals surface area contributed by atoms with Crippen LogP contribution >= 0.6 is 0 Å². The van der Waals surface area contributed by atoms with Crippen molar-refractivity contribution in [2.45, 2.75) is 32.8 Å². The van der Waals surface area contributed by atoms with E-state index < -0.39 is 0 Å². The number of ether oxygens (including phenoxy) is 1. The van der Waals surface area contributed by atoms with E-state index in [0.717, 1.165) is 42.6 Å². The predicted octanol–water partition coefficient (Wildman–Crippen LogP) is 3.39. The first-order valence-electron chi connectivity index (χ1n) is 7.05. The van der Waals surface area contributed by atoms with Gasteiger partial charge in [0.2, 0.25) is 0 Å². The topological polar surface area (TPSA) is 34.1 Å². The zero-order chi connectivity index (χ0) is 13.5. The van der Waals surface area contributed by atoms with Crippen molar-refractivity contribution in [2.75, 3.05) is 13.1 Å². The first kappa shape index (κ1) is 13.8. The highest BCUT2D eigenvalue weighted by molar-refractivity contribution is 5.79. The number of fused-ring (bicyclic) bond motifs is 1. The van der Waals surface area contributed by atoms with Crippen molar-refractivity contribution in [3.8, 4) is 5.75 Å². The SMILES string of the molecule is CCCC(CNCC)Oc1ccc2cccnc2c1. The summed E-state index contributed by atoms with van der Waals surface area (Å²) >= 11 is 0. The van der Waals surface area contributed by atoms with E-state index in [1.807, 2.05) is 24.4 Å². The third-order valence-corrected chi connectivity index (χ3v) is 3.11. The number of rotatable bonds is 7. The monoisotopic (exact) mass is 258 g/mol. The molecule has 3 nitrogen and oxygen atoms in total. The van der Waals surface area contributed by atoms with Crippen LogP contribution in [-0.4, -0.2) is 24.2 Å². The van der Waals surface area contributed by atoms with E-state index in [-0.39, 0.29) is 6.10 Å². The lowest BCUT2D eigenvalue weighted by molar-refractivity contribution is 0.187. The molecule has 1 heterocycles. The van der Waals surface area contributed by atoms with E-state index in [1.54, 1.807) is 0 Å². The van der Waals surface area contributed by atoms with E-state index in [2.05, 4.69) is 36.3 Å². The summed E-state index contributed by atoms with van der Waals surface area (Å²) in [5, 5.41) is 4.50. The van der Waals surface area contributed by atoms with Gasteiger partial charge in [0, 0.05) is 24.2 Å². The molecule has 1 unspecified atom stereocenters. The van der Waals surface area contributed by atoms with Crippen LogP contribution in [0.25, 0.3) is 10.9 Å². The summed E-state index contributed by atoms with van der Waals surface area (Å²) in [7, 11) is 0. The Morgan fingerprint density at radius 1 is 1.26 bits per heavy atom. The quantitative estimate of drug-likeness (QED) is 0.826. The summed E-state index contributed by atoms with van der Waals surface area (Å²) in [5.74, 6) is 0.905. The normalized spacial score (nSPS) is 12.5. The van der Waals surface area contributed by atoms with Crippen LogP contribution < -0.4 is 10.1 Å². The maximum Gasteiger partial charge on any atom is 0.121 e. The minimum absolute atomic E-state index is 0.228. The molecule has 0 saturated carbocycles. The molecule has 0 spiro atoms. The lowest BCUT2D eigenvalue weighted by Crippen LogP contribution is -2.31. The second kappa shape index (κ2) is 7.10. The van der Waals surface area contributed by atoms with Crippen molar-refractivity contribution in [1.82, 2.24) is 10.3 Å². The van der Waals surface area contributed by atoms with Crippen molar-refractivity contribution >= 4 is 10.9 Å². The highest BCUT2D eigenvalue weighted by atomic mass is 16.5. The van der Waals surface area contributed by atoms with Crippen LogP contribution in [0.1, 0.15) is 26.7 Å². The first-order chi connectivity index (χ1) is 9.33. The Kier molecular flexibility index (Phi) is 5.16. The minimum atomic E-state index is 0.228. The Morgan fingerprint density at radius 3 is 2.95 bits per heavy atom. The molecule has 0 aliphatic carbocycles. The van der Waals surface area contributed by atoms with E-state index in [4.69, 9.17) is 4.74 Å². The number of benzene rings is 1. The second-order valence-electron chi connectivity index (χ2n) is 4.69. The van der Waals surface area contributed by atoms with Gasteiger partial charge in [-0.15, -0.1) is 0 Å². The summed E-state index contributed by atoms with van der Waals surface area (Å²) in [6, 6.07) is 10.1. The first-order valence-corrected chi connectivity index (χ1v) is 7.05. The average Bonchev–Trinajstić information content (AvgIpc) is 2.45. The summed E-state index contributed by atoms with van der Waals surface area (Å²) in [5.41, 5.74) is 0.985. The van der Waals surface area contributed by atoms with Crippen molar-refractivity contribution in [2.24, 2.45) is 0 Å². The lowest BCUT2D eigenvalue weighted by atomic mass is 10.2. The Hall–Kier alpha value is -1.61. The van der Waals surface area contributed by atoms with Crippen LogP contribution in [0, 0.1) is 0 Å². The van der Waals surface area contributed by atoms with E-state index in [9.17, 15) is 0 Å². The molecular weight excluding hydrogens is 236 g/mol. The van der Waals surface area contributed by atoms with Crippen molar-refractivity contribution < 1.29 is 4.74 Å². The third-order valence-electron chi connectivity index (χ3n) is 3.11. The Morgan fingerprint density at radius 2 is 2.16 bits per heavy atom. The van der Waals surface area contributed by atoms with Crippen molar-refractivity contribution in [3.05, 3.63) is 36.5 Å². The zero-order valence-electron chi connectivity index (χ0n) is 11.7. The van der Waals surface area contributed by atoms with Crippen LogP contribution in [0.15, 0.2) is 36.5 Å². The Balaban J connectivity index is 2.09. The minimum Gasteiger partial charge on any atom is -0.489 e. The smallest absolute Gasteiger partial charge is 0.121 e. The molecule has 3 heteroatoms. The van der Waals surface area contributed by atoms with Crippen LogP contribution in [-0.2, 0) is 0 Å². The van der Waals surface area contributed by atoms with Crippen LogP contribution in [0.3, 0.4) is 0 Å². The van der Waals surface area contributed by atoms with Crippen molar-refractivity contribution in [3.63, 3.8) is 0 Å². The van der Waals surface area contributed by atoms with Gasteiger partial charge in [0.05, 0.1) is 5.52 Å². The molecule has 0 aliphatic heterocycles. The Bertz CT molecular complexity index is 513. The molecule has 1 aromatic heterocycles. The maximum absolute atomic E-state index is 6.06. The highest BCUT2D eigenvalue weighted by Crippen LogP contribution is 2.20. The number of hydrogen-bond acceptors (Lipinski definition) is 3. The molecule has 1 aromatic carbocycles. The molecular formula is C16H22N2O. The fraction of sp³-hybridized carbons (Fsp3) is 0.438. The van der Waals surface area contributed by atoms with Gasteiger partial charge in [0.15, 0.2) is 0 Å². The molecule has 0 saturated heterocycles. The number of nitrogens with one attached hydrogen (secondary N) is 1. The third kappa shape index (κ3) is 3.93. The molecule has 1 N–H and O–H groups in total. The highest BCUT2D eigenvalue weighted by Gasteiger charge is 2.09. The van der Waals surface area contributed by atoms with Crippen molar-refractivity contribution in [1.29, 1.82) is 0 Å². The van der Waals surface area contributed by atoms with Gasteiger partial charge in [0.25, 0.3) is 0 Å². The van der Waals surface area contributed by atoms with Crippen LogP contribution in [0.5, 0.6) is 5.75 Å². The molecule has 0 amide bonds. The zero-order valence-corrected chi connectivity index (χ0v) is 11.7. The average molecular weight is 258 g/mol. The van der Waals surface area contributed by atoms with Gasteiger partial charge < -0.3 is 10.1 Å². The van der Waals surface area contributed by atoms with Gasteiger partial charge in [-0.1, -0.05) is 26.3 Å².